The molecule has 0 radical (unpaired) electrons. The number of halogens is 3. The predicted molar refractivity (Wildman–Crippen MR) is 83.8 cm³/mol. The molecular weight excluding hydrogens is 430 g/mol. The lowest BCUT2D eigenvalue weighted by Crippen LogP contribution is -2.10. The van der Waals surface area contributed by atoms with Gasteiger partial charge < -0.3 is 5.11 Å². The lowest BCUT2D eigenvalue weighted by atomic mass is 10.1. The molecule has 1 atom stereocenters. The van der Waals surface area contributed by atoms with Gasteiger partial charge in [-0.2, -0.15) is 5.10 Å². The first-order chi connectivity index (χ1) is 8.54. The van der Waals surface area contributed by atoms with Crippen molar-refractivity contribution in [1.82, 2.24) is 9.78 Å². The van der Waals surface area contributed by atoms with Gasteiger partial charge in [0.15, 0.2) is 0 Å². The fourth-order valence-electron chi connectivity index (χ4n) is 1.77. The zero-order valence-electron chi connectivity index (χ0n) is 9.57. The molecule has 0 saturated heterocycles. The van der Waals surface area contributed by atoms with E-state index >= 15 is 0 Å². The van der Waals surface area contributed by atoms with Crippen molar-refractivity contribution in [2.24, 2.45) is 0 Å². The number of hydrogen-bond donors (Lipinski definition) is 1. The van der Waals surface area contributed by atoms with Crippen molar-refractivity contribution in [3.05, 3.63) is 48.7 Å². The molecule has 0 saturated carbocycles. The van der Waals surface area contributed by atoms with Crippen LogP contribution in [-0.2, 0) is 6.54 Å². The minimum absolute atomic E-state index is 0.614. The Bertz CT molecular complexity index is 573. The first-order valence-electron chi connectivity index (χ1n) is 5.38. The Morgan fingerprint density at radius 2 is 2.28 bits per heavy atom. The number of aliphatic hydroxyl groups is 1. The summed E-state index contributed by atoms with van der Waals surface area (Å²) in [6.07, 6.45) is 0.951. The predicted octanol–water partition coefficient (Wildman–Crippen LogP) is 4.01. The maximum Gasteiger partial charge on any atom is 0.123 e. The van der Waals surface area contributed by atoms with Crippen molar-refractivity contribution in [2.75, 3.05) is 0 Å². The zero-order valence-corrected chi connectivity index (χ0v) is 14.1. The Morgan fingerprint density at radius 3 is 2.94 bits per heavy atom. The summed E-state index contributed by atoms with van der Waals surface area (Å²) < 4.78 is 3.54. The second kappa shape index (κ2) is 5.90. The highest BCUT2D eigenvalue weighted by Gasteiger charge is 2.21. The molecule has 1 aromatic carbocycles. The van der Waals surface area contributed by atoms with Crippen molar-refractivity contribution in [3.8, 4) is 0 Å². The fourth-order valence-corrected chi connectivity index (χ4v) is 3.09. The molecule has 0 aliphatic heterocycles. The van der Waals surface area contributed by atoms with Gasteiger partial charge in [-0.25, -0.2) is 0 Å². The zero-order chi connectivity index (χ0) is 13.3. The van der Waals surface area contributed by atoms with E-state index < -0.39 is 6.10 Å². The molecule has 1 heterocycles. The summed E-state index contributed by atoms with van der Waals surface area (Å²) in [4.78, 5) is 0. The molecule has 1 aromatic heterocycles. The highest BCUT2D eigenvalue weighted by molar-refractivity contribution is 14.1. The number of aliphatic hydroxyl groups excluding tert-OH is 1. The van der Waals surface area contributed by atoms with E-state index in [0.29, 0.717) is 11.6 Å². The van der Waals surface area contributed by atoms with Gasteiger partial charge in [0.1, 0.15) is 6.10 Å². The van der Waals surface area contributed by atoms with Crippen LogP contribution in [0.2, 0.25) is 5.02 Å². The Morgan fingerprint density at radius 1 is 1.56 bits per heavy atom. The quantitative estimate of drug-likeness (QED) is 0.732. The van der Waals surface area contributed by atoms with Crippen LogP contribution in [0.1, 0.15) is 24.3 Å². The van der Waals surface area contributed by atoms with Crippen LogP contribution in [0.25, 0.3) is 0 Å². The molecule has 0 spiro atoms. The summed E-state index contributed by atoms with van der Waals surface area (Å²) in [5.74, 6) is 0. The number of rotatable bonds is 3. The number of benzene rings is 1. The van der Waals surface area contributed by atoms with Gasteiger partial charge in [0.2, 0.25) is 0 Å². The Labute approximate surface area is 132 Å². The molecule has 18 heavy (non-hydrogen) atoms. The third-order valence-electron chi connectivity index (χ3n) is 2.64. The van der Waals surface area contributed by atoms with Gasteiger partial charge in [0.25, 0.3) is 0 Å². The van der Waals surface area contributed by atoms with E-state index in [-0.39, 0.29) is 0 Å². The minimum Gasteiger partial charge on any atom is -0.382 e. The van der Waals surface area contributed by atoms with Gasteiger partial charge in [-0.3, -0.25) is 4.68 Å². The summed E-state index contributed by atoms with van der Waals surface area (Å²) in [6.45, 7) is 2.69. The summed E-state index contributed by atoms with van der Waals surface area (Å²) in [5.41, 5.74) is 1.54. The molecular formula is C12H11BrClIN2O. The summed E-state index contributed by atoms with van der Waals surface area (Å²) in [6, 6.07) is 5.49. The molecule has 2 aromatic rings. The van der Waals surface area contributed by atoms with Crippen LogP contribution in [0.5, 0.6) is 0 Å². The highest BCUT2D eigenvalue weighted by Crippen LogP contribution is 2.32. The standard InChI is InChI=1S/C12H11BrClIN2O/c1-2-17-11(9(13)6-16-17)12(18)8-5-7(14)3-4-10(8)15/h3-6,12,18H,2H2,1H3. The molecule has 0 aliphatic rings. The van der Waals surface area contributed by atoms with Gasteiger partial charge in [-0.05, 0) is 63.6 Å². The van der Waals surface area contributed by atoms with E-state index in [2.05, 4.69) is 43.6 Å². The minimum atomic E-state index is -0.743. The average Bonchev–Trinajstić information content (AvgIpc) is 2.72. The average molecular weight is 441 g/mol. The molecule has 6 heteroatoms. The van der Waals surface area contributed by atoms with Gasteiger partial charge in [-0.15, -0.1) is 0 Å². The van der Waals surface area contributed by atoms with Gasteiger partial charge in [-0.1, -0.05) is 11.6 Å². The molecule has 1 unspecified atom stereocenters. The molecule has 96 valence electrons. The summed E-state index contributed by atoms with van der Waals surface area (Å²) >= 11 is 11.6. The number of hydrogen-bond acceptors (Lipinski definition) is 2. The fraction of sp³-hybridized carbons (Fsp3) is 0.250. The third-order valence-corrected chi connectivity index (χ3v) is 4.47. The van der Waals surface area contributed by atoms with Gasteiger partial charge >= 0.3 is 0 Å². The second-order valence-corrected chi connectivity index (χ2v) is 6.21. The van der Waals surface area contributed by atoms with Crippen LogP contribution in [0.4, 0.5) is 0 Å². The van der Waals surface area contributed by atoms with E-state index in [4.69, 9.17) is 11.6 Å². The van der Waals surface area contributed by atoms with E-state index in [9.17, 15) is 5.11 Å². The smallest absolute Gasteiger partial charge is 0.123 e. The van der Waals surface area contributed by atoms with Crippen molar-refractivity contribution < 1.29 is 5.11 Å². The molecule has 0 fully saturated rings. The summed E-state index contributed by atoms with van der Waals surface area (Å²) in [7, 11) is 0. The highest BCUT2D eigenvalue weighted by atomic mass is 127. The van der Waals surface area contributed by atoms with Crippen molar-refractivity contribution in [1.29, 1.82) is 0 Å². The van der Waals surface area contributed by atoms with E-state index in [1.54, 1.807) is 16.9 Å². The molecule has 0 aliphatic carbocycles. The van der Waals surface area contributed by atoms with Crippen molar-refractivity contribution >= 4 is 50.1 Å². The van der Waals surface area contributed by atoms with Crippen LogP contribution >= 0.6 is 50.1 Å². The van der Waals surface area contributed by atoms with E-state index in [0.717, 1.165) is 19.3 Å². The van der Waals surface area contributed by atoms with Crippen LogP contribution in [0.15, 0.2) is 28.9 Å². The normalized spacial score (nSPS) is 12.7. The van der Waals surface area contributed by atoms with Gasteiger partial charge in [0.05, 0.1) is 16.4 Å². The van der Waals surface area contributed by atoms with Crippen LogP contribution in [-0.4, -0.2) is 14.9 Å². The third kappa shape index (κ3) is 2.74. The lowest BCUT2D eigenvalue weighted by Gasteiger charge is -2.15. The largest absolute Gasteiger partial charge is 0.382 e. The number of nitrogens with zero attached hydrogens (tertiary/aromatic N) is 2. The van der Waals surface area contributed by atoms with Crippen LogP contribution in [0, 0.1) is 3.57 Å². The molecule has 0 bridgehead atoms. The Kier molecular flexibility index (Phi) is 4.69. The Hall–Kier alpha value is -0.110. The van der Waals surface area contributed by atoms with Crippen molar-refractivity contribution in [3.63, 3.8) is 0 Å². The van der Waals surface area contributed by atoms with Crippen molar-refractivity contribution in [2.45, 2.75) is 19.6 Å². The maximum absolute atomic E-state index is 10.5. The lowest BCUT2D eigenvalue weighted by molar-refractivity contribution is 0.206. The SMILES string of the molecule is CCn1ncc(Br)c1C(O)c1cc(Cl)ccc1I. The van der Waals surface area contributed by atoms with Crippen LogP contribution in [0.3, 0.4) is 0 Å². The molecule has 1 N–H and O–H groups in total. The maximum atomic E-state index is 10.5. The molecule has 3 nitrogen and oxygen atoms in total. The summed E-state index contributed by atoms with van der Waals surface area (Å²) in [5, 5.41) is 15.3. The van der Waals surface area contributed by atoms with Gasteiger partial charge in [0, 0.05) is 20.7 Å². The van der Waals surface area contributed by atoms with E-state index in [1.165, 1.54) is 0 Å². The Balaban J connectivity index is 2.50. The second-order valence-electron chi connectivity index (χ2n) is 3.76. The topological polar surface area (TPSA) is 38.0 Å². The first-order valence-corrected chi connectivity index (χ1v) is 7.63. The van der Waals surface area contributed by atoms with E-state index in [1.807, 2.05) is 19.1 Å². The first kappa shape index (κ1) is 14.3. The van der Waals surface area contributed by atoms with Crippen LogP contribution < -0.4 is 0 Å². The molecule has 2 rings (SSSR count). The molecule has 0 amide bonds. The monoisotopic (exact) mass is 440 g/mol. The number of aryl methyl sites for hydroxylation is 1. The number of aromatic nitrogens is 2.